The van der Waals surface area contributed by atoms with Crippen molar-refractivity contribution >= 4 is 22.6 Å². The Morgan fingerprint density at radius 2 is 1.90 bits per heavy atom. The number of ketones is 1. The predicted molar refractivity (Wildman–Crippen MR) is 81.5 cm³/mol. The van der Waals surface area contributed by atoms with E-state index in [0.717, 1.165) is 16.8 Å². The highest BCUT2D eigenvalue weighted by Crippen LogP contribution is 2.31. The molecule has 2 aromatic rings. The van der Waals surface area contributed by atoms with Crippen LogP contribution < -0.4 is 0 Å². The highest BCUT2D eigenvalue weighted by molar-refractivity contribution is 6.83. The number of H-pyrrole nitrogens is 1. The van der Waals surface area contributed by atoms with E-state index in [0.29, 0.717) is 18.8 Å². The van der Waals surface area contributed by atoms with Crippen molar-refractivity contribution in [3.05, 3.63) is 47.3 Å². The number of hydrogen-bond donors (Lipinski definition) is 1. The van der Waals surface area contributed by atoms with Gasteiger partial charge in [0.05, 0.1) is 12.3 Å². The average Bonchev–Trinajstić information content (AvgIpc) is 2.81. The summed E-state index contributed by atoms with van der Waals surface area (Å²) in [6.07, 6.45) is 0. The lowest BCUT2D eigenvalue weighted by atomic mass is 9.99. The molecule has 4 nitrogen and oxygen atoms in total. The number of Topliss-reactive ketones (excluding diaryl/α,β-unsaturated/α-hetero) is 1. The number of carbonyl (C=O) groups excluding carboxylic acids is 2. The Labute approximate surface area is 128 Å². The number of rotatable bonds is 6. The summed E-state index contributed by atoms with van der Waals surface area (Å²) in [4.78, 5) is 26.2. The van der Waals surface area contributed by atoms with E-state index >= 15 is 0 Å². The second-order valence-corrected chi connectivity index (χ2v) is 4.93. The van der Waals surface area contributed by atoms with E-state index in [-0.39, 0.29) is 5.69 Å². The maximum Gasteiger partial charge on any atom is 0.294 e. The first-order chi connectivity index (χ1) is 10.1. The Balaban J connectivity index is 2.61. The lowest BCUT2D eigenvalue weighted by molar-refractivity contribution is -0.108. The minimum atomic E-state index is -1.00. The van der Waals surface area contributed by atoms with Crippen LogP contribution in [0, 0.1) is 6.92 Å². The summed E-state index contributed by atoms with van der Waals surface area (Å²) in [6, 6.07) is 9.40. The molecule has 5 heteroatoms. The molecule has 0 radical (unpaired) electrons. The summed E-state index contributed by atoms with van der Waals surface area (Å²) < 4.78 is 5.47. The van der Waals surface area contributed by atoms with E-state index in [1.54, 1.807) is 0 Å². The zero-order chi connectivity index (χ0) is 15.4. The molecule has 21 heavy (non-hydrogen) atoms. The molecule has 0 atom stereocenters. The van der Waals surface area contributed by atoms with Crippen molar-refractivity contribution in [2.24, 2.45) is 0 Å². The van der Waals surface area contributed by atoms with E-state index in [9.17, 15) is 9.59 Å². The van der Waals surface area contributed by atoms with E-state index < -0.39 is 11.0 Å². The van der Waals surface area contributed by atoms with E-state index in [1.807, 2.05) is 44.2 Å². The van der Waals surface area contributed by atoms with Crippen LogP contribution in [0.15, 0.2) is 30.3 Å². The van der Waals surface area contributed by atoms with Gasteiger partial charge in [0, 0.05) is 23.4 Å². The third-order valence-electron chi connectivity index (χ3n) is 3.24. The summed E-state index contributed by atoms with van der Waals surface area (Å²) >= 11 is 5.35. The first-order valence-corrected chi connectivity index (χ1v) is 7.02. The second-order valence-electron chi connectivity index (χ2n) is 4.58. The maximum atomic E-state index is 12.0. The van der Waals surface area contributed by atoms with Gasteiger partial charge in [-0.05, 0) is 31.0 Å². The van der Waals surface area contributed by atoms with Gasteiger partial charge in [0.2, 0.25) is 0 Å². The molecule has 0 aliphatic carbocycles. The van der Waals surface area contributed by atoms with Crippen LogP contribution in [0.4, 0.5) is 0 Å². The summed E-state index contributed by atoms with van der Waals surface area (Å²) in [5.41, 5.74) is 3.40. The van der Waals surface area contributed by atoms with Crippen molar-refractivity contribution < 1.29 is 14.3 Å². The first-order valence-electron chi connectivity index (χ1n) is 6.65. The normalized spacial score (nSPS) is 10.6. The van der Waals surface area contributed by atoms with Crippen molar-refractivity contribution in [3.63, 3.8) is 0 Å². The minimum absolute atomic E-state index is 0.216. The molecule has 0 amide bonds. The van der Waals surface area contributed by atoms with Crippen LogP contribution >= 0.6 is 11.6 Å². The Morgan fingerprint density at radius 1 is 1.24 bits per heavy atom. The Hall–Kier alpha value is -1.91. The van der Waals surface area contributed by atoms with Gasteiger partial charge in [-0.25, -0.2) is 0 Å². The minimum Gasteiger partial charge on any atom is -0.377 e. The number of nitrogens with one attached hydrogen (secondary N) is 1. The van der Waals surface area contributed by atoms with Crippen molar-refractivity contribution in [3.8, 4) is 11.1 Å². The molecule has 1 aromatic heterocycles. The van der Waals surface area contributed by atoms with Crippen molar-refractivity contribution in [1.82, 2.24) is 4.98 Å². The molecule has 1 heterocycles. The second kappa shape index (κ2) is 6.70. The third kappa shape index (κ3) is 3.23. The lowest BCUT2D eigenvalue weighted by Gasteiger charge is -2.07. The zero-order valence-electron chi connectivity index (χ0n) is 11.9. The Kier molecular flexibility index (Phi) is 4.94. The van der Waals surface area contributed by atoms with Gasteiger partial charge in [-0.15, -0.1) is 0 Å². The predicted octanol–water partition coefficient (Wildman–Crippen LogP) is 3.47. The molecule has 0 aliphatic heterocycles. The summed E-state index contributed by atoms with van der Waals surface area (Å²) in [7, 11) is 0. The quantitative estimate of drug-likeness (QED) is 0.505. The van der Waals surface area contributed by atoms with Gasteiger partial charge in [-0.2, -0.15) is 0 Å². The molecule has 0 unspecified atom stereocenters. The van der Waals surface area contributed by atoms with Gasteiger partial charge in [0.1, 0.15) is 0 Å². The Morgan fingerprint density at radius 3 is 2.48 bits per heavy atom. The molecule has 2 rings (SSSR count). The van der Waals surface area contributed by atoms with Crippen LogP contribution in [0.1, 0.15) is 28.7 Å². The van der Waals surface area contributed by atoms with Gasteiger partial charge >= 0.3 is 0 Å². The van der Waals surface area contributed by atoms with Crippen LogP contribution in [0.5, 0.6) is 0 Å². The first kappa shape index (κ1) is 15.5. The highest BCUT2D eigenvalue weighted by Gasteiger charge is 2.24. The number of ether oxygens (including phenoxy) is 1. The van der Waals surface area contributed by atoms with Crippen LogP contribution in [0.3, 0.4) is 0 Å². The number of aromatic amines is 1. The summed E-state index contributed by atoms with van der Waals surface area (Å²) in [6.45, 7) is 4.68. The van der Waals surface area contributed by atoms with Gasteiger partial charge in [0.25, 0.3) is 11.0 Å². The zero-order valence-corrected chi connectivity index (χ0v) is 12.7. The number of benzene rings is 1. The summed E-state index contributed by atoms with van der Waals surface area (Å²) in [5, 5.41) is -1.00. The fourth-order valence-electron chi connectivity index (χ4n) is 2.24. The Bertz CT molecular complexity index is 662. The molecule has 1 aromatic carbocycles. The molecular formula is C16H16ClNO3. The van der Waals surface area contributed by atoms with Crippen LogP contribution in [0.2, 0.25) is 0 Å². The highest BCUT2D eigenvalue weighted by atomic mass is 35.5. The van der Waals surface area contributed by atoms with E-state index in [1.165, 1.54) is 0 Å². The molecular weight excluding hydrogens is 290 g/mol. The summed E-state index contributed by atoms with van der Waals surface area (Å²) in [5.74, 6) is -0.735. The molecule has 0 fully saturated rings. The van der Waals surface area contributed by atoms with E-state index in [4.69, 9.17) is 16.3 Å². The van der Waals surface area contributed by atoms with Gasteiger partial charge in [0.15, 0.2) is 0 Å². The number of aryl methyl sites for hydroxylation is 1. The third-order valence-corrected chi connectivity index (χ3v) is 3.41. The average molecular weight is 306 g/mol. The van der Waals surface area contributed by atoms with Crippen molar-refractivity contribution in [1.29, 1.82) is 0 Å². The van der Waals surface area contributed by atoms with Gasteiger partial charge < -0.3 is 9.72 Å². The number of aromatic nitrogens is 1. The topological polar surface area (TPSA) is 59.2 Å². The smallest absolute Gasteiger partial charge is 0.294 e. The van der Waals surface area contributed by atoms with Gasteiger partial charge in [-0.3, -0.25) is 9.59 Å². The molecule has 0 saturated heterocycles. The molecule has 1 N–H and O–H groups in total. The molecule has 0 bridgehead atoms. The largest absolute Gasteiger partial charge is 0.377 e. The van der Waals surface area contributed by atoms with Crippen molar-refractivity contribution in [2.45, 2.75) is 20.5 Å². The van der Waals surface area contributed by atoms with E-state index in [2.05, 4.69) is 4.98 Å². The lowest BCUT2D eigenvalue weighted by Crippen LogP contribution is -2.09. The molecule has 0 spiro atoms. The fraction of sp³-hybridized carbons (Fsp3) is 0.250. The maximum absolute atomic E-state index is 12.0. The molecule has 0 aliphatic rings. The van der Waals surface area contributed by atoms with Crippen molar-refractivity contribution in [2.75, 3.05) is 6.61 Å². The number of hydrogen-bond acceptors (Lipinski definition) is 3. The van der Waals surface area contributed by atoms with Crippen LogP contribution in [-0.2, 0) is 16.1 Å². The fourth-order valence-corrected chi connectivity index (χ4v) is 2.33. The molecule has 110 valence electrons. The molecule has 0 saturated carbocycles. The van der Waals surface area contributed by atoms with Gasteiger partial charge in [-0.1, -0.05) is 30.3 Å². The van der Waals surface area contributed by atoms with Crippen LogP contribution in [0.25, 0.3) is 11.1 Å². The standard InChI is InChI=1S/C16H16ClNO3/c1-3-21-9-12-10(2)18-14(15(19)16(17)20)13(12)11-7-5-4-6-8-11/h4-8,18H,3,9H2,1-2H3. The van der Waals surface area contributed by atoms with Crippen LogP contribution in [-0.4, -0.2) is 22.6 Å². The monoisotopic (exact) mass is 305 g/mol. The number of carbonyl (C=O) groups is 2. The SMILES string of the molecule is CCOCc1c(C)[nH]c(C(=O)C(=O)Cl)c1-c1ccccc1. The number of halogens is 1.